The average molecular weight is 197 g/mol. The van der Waals surface area contributed by atoms with Crippen LogP contribution in [0.15, 0.2) is 12.3 Å². The third-order valence-electron chi connectivity index (χ3n) is 1.13. The third kappa shape index (κ3) is 1.79. The highest BCUT2D eigenvalue weighted by atomic mass is 35.5. The highest BCUT2D eigenvalue weighted by molar-refractivity contribution is 6.31. The SMILES string of the molecule is Nc1cnc(C(F)(F)F)c(Cl)c1. The van der Waals surface area contributed by atoms with Gasteiger partial charge in [-0.1, -0.05) is 11.6 Å². The van der Waals surface area contributed by atoms with Gasteiger partial charge in [-0.15, -0.1) is 0 Å². The van der Waals surface area contributed by atoms with Gasteiger partial charge in [0.2, 0.25) is 0 Å². The van der Waals surface area contributed by atoms with Gasteiger partial charge in [0.15, 0.2) is 5.69 Å². The fourth-order valence-electron chi connectivity index (χ4n) is 0.661. The van der Waals surface area contributed by atoms with Crippen molar-refractivity contribution in [1.29, 1.82) is 0 Å². The molecular weight excluding hydrogens is 193 g/mol. The number of hydrogen-bond acceptors (Lipinski definition) is 2. The number of nitrogens with zero attached hydrogens (tertiary/aromatic N) is 1. The van der Waals surface area contributed by atoms with E-state index < -0.39 is 16.9 Å². The van der Waals surface area contributed by atoms with Crippen LogP contribution in [0.4, 0.5) is 18.9 Å². The first-order valence-corrected chi connectivity index (χ1v) is 3.27. The van der Waals surface area contributed by atoms with Gasteiger partial charge in [0.25, 0.3) is 0 Å². The molecule has 6 heteroatoms. The van der Waals surface area contributed by atoms with Crippen molar-refractivity contribution in [2.75, 3.05) is 5.73 Å². The molecule has 12 heavy (non-hydrogen) atoms. The van der Waals surface area contributed by atoms with Crippen LogP contribution in [0.25, 0.3) is 0 Å². The largest absolute Gasteiger partial charge is 0.434 e. The van der Waals surface area contributed by atoms with Crippen molar-refractivity contribution in [2.24, 2.45) is 0 Å². The zero-order valence-corrected chi connectivity index (χ0v) is 6.45. The summed E-state index contributed by atoms with van der Waals surface area (Å²) in [6.07, 6.45) is -3.61. The Morgan fingerprint density at radius 1 is 1.42 bits per heavy atom. The Bertz CT molecular complexity index is 297. The second-order valence-electron chi connectivity index (χ2n) is 2.10. The van der Waals surface area contributed by atoms with Gasteiger partial charge in [-0.05, 0) is 6.07 Å². The highest BCUT2D eigenvalue weighted by Gasteiger charge is 2.34. The van der Waals surface area contributed by atoms with Crippen LogP contribution in [-0.2, 0) is 6.18 Å². The molecule has 1 aromatic heterocycles. The lowest BCUT2D eigenvalue weighted by atomic mass is 10.3. The Hall–Kier alpha value is -0.970. The monoisotopic (exact) mass is 196 g/mol. The Kier molecular flexibility index (Phi) is 2.14. The minimum Gasteiger partial charge on any atom is -0.397 e. The maximum absolute atomic E-state index is 12.0. The molecule has 66 valence electrons. The predicted molar refractivity (Wildman–Crippen MR) is 38.7 cm³/mol. The van der Waals surface area contributed by atoms with Crippen molar-refractivity contribution in [3.63, 3.8) is 0 Å². The molecule has 0 atom stereocenters. The van der Waals surface area contributed by atoms with E-state index in [0.717, 1.165) is 12.3 Å². The van der Waals surface area contributed by atoms with Gasteiger partial charge >= 0.3 is 6.18 Å². The second-order valence-corrected chi connectivity index (χ2v) is 2.50. The van der Waals surface area contributed by atoms with E-state index in [1.165, 1.54) is 0 Å². The summed E-state index contributed by atoms with van der Waals surface area (Å²) in [6.45, 7) is 0. The van der Waals surface area contributed by atoms with Gasteiger partial charge in [0.1, 0.15) is 0 Å². The van der Waals surface area contributed by atoms with Gasteiger partial charge in [-0.2, -0.15) is 13.2 Å². The number of aromatic nitrogens is 1. The summed E-state index contributed by atoms with van der Waals surface area (Å²) in [6, 6.07) is 1.01. The van der Waals surface area contributed by atoms with E-state index in [2.05, 4.69) is 4.98 Å². The minimum absolute atomic E-state index is 0.105. The minimum atomic E-state index is -4.52. The first kappa shape index (κ1) is 9.12. The zero-order chi connectivity index (χ0) is 9.35. The number of hydrogen-bond donors (Lipinski definition) is 1. The van der Waals surface area contributed by atoms with Crippen LogP contribution in [0.1, 0.15) is 5.69 Å². The molecule has 2 N–H and O–H groups in total. The molecule has 0 aliphatic rings. The molecule has 1 heterocycles. The summed E-state index contributed by atoms with van der Waals surface area (Å²) in [4.78, 5) is 3.07. The van der Waals surface area contributed by atoms with E-state index in [9.17, 15) is 13.2 Å². The molecule has 2 nitrogen and oxygen atoms in total. The lowest BCUT2D eigenvalue weighted by molar-refractivity contribution is -0.141. The first-order chi connectivity index (χ1) is 5.41. The van der Waals surface area contributed by atoms with Gasteiger partial charge < -0.3 is 5.73 Å². The summed E-state index contributed by atoms with van der Waals surface area (Å²) in [7, 11) is 0. The molecule has 0 unspecified atom stereocenters. The Morgan fingerprint density at radius 2 is 2.00 bits per heavy atom. The van der Waals surface area contributed by atoms with Crippen LogP contribution in [0, 0.1) is 0 Å². The molecule has 0 aromatic carbocycles. The average Bonchev–Trinajstić information content (AvgIpc) is 1.83. The standard InChI is InChI=1S/C6H4ClF3N2/c7-4-1-3(11)2-12-5(4)6(8,9)10/h1-2H,11H2. The first-order valence-electron chi connectivity index (χ1n) is 2.89. The van der Waals surface area contributed by atoms with Crippen molar-refractivity contribution in [1.82, 2.24) is 4.98 Å². The van der Waals surface area contributed by atoms with Crippen molar-refractivity contribution < 1.29 is 13.2 Å². The van der Waals surface area contributed by atoms with E-state index in [1.807, 2.05) is 0 Å². The summed E-state index contributed by atoms with van der Waals surface area (Å²) < 4.78 is 36.0. The summed E-state index contributed by atoms with van der Waals surface area (Å²) in [5.74, 6) is 0. The molecule has 0 saturated heterocycles. The predicted octanol–water partition coefficient (Wildman–Crippen LogP) is 2.34. The molecule has 0 aliphatic carbocycles. The molecule has 0 amide bonds. The van der Waals surface area contributed by atoms with Crippen molar-refractivity contribution in [3.05, 3.63) is 23.0 Å². The number of nitrogen functional groups attached to an aromatic ring is 1. The molecule has 0 spiro atoms. The van der Waals surface area contributed by atoms with Crippen LogP contribution in [0.2, 0.25) is 5.02 Å². The smallest absolute Gasteiger partial charge is 0.397 e. The van der Waals surface area contributed by atoms with Gasteiger partial charge in [0, 0.05) is 0 Å². The molecule has 0 saturated carbocycles. The van der Waals surface area contributed by atoms with Crippen molar-refractivity contribution in [2.45, 2.75) is 6.18 Å². The van der Waals surface area contributed by atoms with E-state index in [4.69, 9.17) is 17.3 Å². The van der Waals surface area contributed by atoms with Crippen molar-refractivity contribution >= 4 is 17.3 Å². The van der Waals surface area contributed by atoms with E-state index in [0.29, 0.717) is 0 Å². The Labute approximate surface area is 71.2 Å². The lowest BCUT2D eigenvalue weighted by Gasteiger charge is -2.06. The number of alkyl halides is 3. The summed E-state index contributed by atoms with van der Waals surface area (Å²) in [5.41, 5.74) is 4.15. The molecule has 1 aromatic rings. The highest BCUT2D eigenvalue weighted by Crippen LogP contribution is 2.33. The lowest BCUT2D eigenvalue weighted by Crippen LogP contribution is -2.08. The fraction of sp³-hybridized carbons (Fsp3) is 0.167. The normalized spacial score (nSPS) is 11.7. The Morgan fingerprint density at radius 3 is 2.42 bits per heavy atom. The fourth-order valence-corrected chi connectivity index (χ4v) is 0.943. The topological polar surface area (TPSA) is 38.9 Å². The van der Waals surface area contributed by atoms with Crippen LogP contribution in [0.3, 0.4) is 0 Å². The van der Waals surface area contributed by atoms with Gasteiger partial charge in [0.05, 0.1) is 16.9 Å². The second kappa shape index (κ2) is 2.82. The number of pyridine rings is 1. The zero-order valence-electron chi connectivity index (χ0n) is 5.69. The van der Waals surface area contributed by atoms with E-state index in [-0.39, 0.29) is 5.69 Å². The van der Waals surface area contributed by atoms with Gasteiger partial charge in [-0.3, -0.25) is 0 Å². The Balaban J connectivity index is 3.19. The van der Waals surface area contributed by atoms with Crippen LogP contribution in [-0.4, -0.2) is 4.98 Å². The summed E-state index contributed by atoms with van der Waals surface area (Å²) in [5, 5.41) is -0.484. The third-order valence-corrected chi connectivity index (χ3v) is 1.42. The van der Waals surface area contributed by atoms with E-state index in [1.54, 1.807) is 0 Å². The number of rotatable bonds is 0. The van der Waals surface area contributed by atoms with Crippen LogP contribution >= 0.6 is 11.6 Å². The molecule has 1 rings (SSSR count). The number of anilines is 1. The molecule has 0 fully saturated rings. The number of nitrogens with two attached hydrogens (primary N) is 1. The maximum atomic E-state index is 12.0. The number of halogens is 4. The van der Waals surface area contributed by atoms with Crippen molar-refractivity contribution in [3.8, 4) is 0 Å². The molecule has 0 aliphatic heterocycles. The molecule has 0 radical (unpaired) electrons. The van der Waals surface area contributed by atoms with E-state index >= 15 is 0 Å². The summed E-state index contributed by atoms with van der Waals surface area (Å²) >= 11 is 5.25. The van der Waals surface area contributed by atoms with Crippen LogP contribution < -0.4 is 5.73 Å². The molecule has 0 bridgehead atoms. The maximum Gasteiger partial charge on any atom is 0.434 e. The molecular formula is C6H4ClF3N2. The van der Waals surface area contributed by atoms with Crippen LogP contribution in [0.5, 0.6) is 0 Å². The van der Waals surface area contributed by atoms with Gasteiger partial charge in [-0.25, -0.2) is 4.98 Å². The quantitative estimate of drug-likeness (QED) is 0.692.